The first kappa shape index (κ1) is 23.1. The van der Waals surface area contributed by atoms with E-state index >= 15 is 0 Å². The number of carbonyl (C=O) groups excluding carboxylic acids is 2. The van der Waals surface area contributed by atoms with Gasteiger partial charge in [0, 0.05) is 24.4 Å². The van der Waals surface area contributed by atoms with E-state index < -0.39 is 5.97 Å². The highest BCUT2D eigenvalue weighted by Crippen LogP contribution is 2.27. The molecule has 31 heavy (non-hydrogen) atoms. The molecule has 1 aromatic heterocycles. The van der Waals surface area contributed by atoms with Crippen LogP contribution in [-0.4, -0.2) is 54.0 Å². The lowest BCUT2D eigenvalue weighted by Crippen LogP contribution is -2.37. The highest BCUT2D eigenvalue weighted by molar-refractivity contribution is 7.99. The summed E-state index contributed by atoms with van der Waals surface area (Å²) in [5.74, 6) is -0.558. The lowest BCUT2D eigenvalue weighted by Gasteiger charge is -2.21. The molecule has 3 aromatic rings. The van der Waals surface area contributed by atoms with Gasteiger partial charge in [0.2, 0.25) is 5.91 Å². The van der Waals surface area contributed by atoms with E-state index in [4.69, 9.17) is 21.1 Å². The van der Waals surface area contributed by atoms with E-state index in [2.05, 4.69) is 4.98 Å². The molecule has 0 bridgehead atoms. The molecule has 1 heterocycles. The molecule has 0 saturated carbocycles. The molecule has 0 aliphatic rings. The first-order valence-corrected chi connectivity index (χ1v) is 11.2. The molecular formula is C22H24ClN3O4S. The van der Waals surface area contributed by atoms with E-state index in [9.17, 15) is 9.59 Å². The molecule has 0 N–H and O–H groups in total. The molecule has 0 radical (unpaired) electrons. The first-order valence-electron chi connectivity index (χ1n) is 9.82. The van der Waals surface area contributed by atoms with Crippen molar-refractivity contribution in [2.75, 3.05) is 37.5 Å². The molecule has 2 aromatic carbocycles. The van der Waals surface area contributed by atoms with Crippen LogP contribution in [-0.2, 0) is 25.6 Å². The van der Waals surface area contributed by atoms with Gasteiger partial charge in [-0.1, -0.05) is 41.6 Å². The second-order valence-electron chi connectivity index (χ2n) is 6.58. The highest BCUT2D eigenvalue weighted by atomic mass is 35.5. The van der Waals surface area contributed by atoms with Gasteiger partial charge in [-0.2, -0.15) is 0 Å². The third-order valence-electron chi connectivity index (χ3n) is 4.48. The Morgan fingerprint density at radius 1 is 1.19 bits per heavy atom. The zero-order chi connectivity index (χ0) is 22.2. The highest BCUT2D eigenvalue weighted by Gasteiger charge is 2.21. The molecule has 0 fully saturated rings. The van der Waals surface area contributed by atoms with Crippen molar-refractivity contribution in [3.63, 3.8) is 0 Å². The van der Waals surface area contributed by atoms with E-state index in [0.29, 0.717) is 29.0 Å². The maximum absolute atomic E-state index is 13.1. The molecule has 0 saturated heterocycles. The fraction of sp³-hybridized carbons (Fsp3) is 0.318. The molecule has 9 heteroatoms. The molecule has 0 spiro atoms. The second-order valence-corrected chi connectivity index (χ2v) is 7.96. The Hall–Kier alpha value is -2.55. The van der Waals surface area contributed by atoms with Crippen molar-refractivity contribution in [3.05, 3.63) is 53.6 Å². The minimum atomic E-state index is -0.452. The summed E-state index contributed by atoms with van der Waals surface area (Å²) in [7, 11) is 1.64. The molecule has 0 atom stereocenters. The number of benzene rings is 2. The second kappa shape index (κ2) is 11.2. The maximum Gasteiger partial charge on any atom is 0.326 e. The van der Waals surface area contributed by atoms with Gasteiger partial charge < -0.3 is 18.9 Å². The van der Waals surface area contributed by atoms with Gasteiger partial charge in [-0.05, 0) is 37.3 Å². The Balaban J connectivity index is 1.81. The number of imidazole rings is 1. The third kappa shape index (κ3) is 6.00. The number of rotatable bonds is 10. The Kier molecular flexibility index (Phi) is 8.34. The minimum Gasteiger partial charge on any atom is -0.465 e. The molecule has 1 amide bonds. The summed E-state index contributed by atoms with van der Waals surface area (Å²) in [5, 5.41) is 1.29. The van der Waals surface area contributed by atoms with Crippen molar-refractivity contribution >= 4 is 52.0 Å². The quantitative estimate of drug-likeness (QED) is 0.335. The summed E-state index contributed by atoms with van der Waals surface area (Å²) >= 11 is 7.42. The average molecular weight is 462 g/mol. The first-order chi connectivity index (χ1) is 15.0. The van der Waals surface area contributed by atoms with Crippen LogP contribution in [0.15, 0.2) is 53.7 Å². The van der Waals surface area contributed by atoms with E-state index in [1.54, 1.807) is 32.2 Å². The van der Waals surface area contributed by atoms with E-state index in [1.807, 2.05) is 34.9 Å². The normalized spacial score (nSPS) is 10.9. The van der Waals surface area contributed by atoms with Crippen LogP contribution in [0.5, 0.6) is 0 Å². The lowest BCUT2D eigenvalue weighted by molar-refractivity contribution is -0.142. The predicted octanol–water partition coefficient (Wildman–Crippen LogP) is 4.02. The number of aromatic nitrogens is 2. The van der Waals surface area contributed by atoms with Crippen LogP contribution >= 0.6 is 23.4 Å². The number of esters is 1. The number of para-hydroxylation sites is 1. The Labute approximate surface area is 190 Å². The van der Waals surface area contributed by atoms with Gasteiger partial charge >= 0.3 is 5.97 Å². The standard InChI is InChI=1S/C22H24ClN3O4S/c1-3-30-21(28)14-26(17-7-5-4-6-8-17)20(27)15-31-22-24-18-13-16(23)9-10-19(18)25(22)11-12-29-2/h4-10,13H,3,11-12,14-15H2,1-2H3. The maximum atomic E-state index is 13.1. The molecule has 0 aliphatic heterocycles. The largest absolute Gasteiger partial charge is 0.465 e. The van der Waals surface area contributed by atoms with Crippen LogP contribution < -0.4 is 4.90 Å². The lowest BCUT2D eigenvalue weighted by atomic mass is 10.3. The number of ether oxygens (including phenoxy) is 2. The van der Waals surface area contributed by atoms with Crippen LogP contribution in [0.3, 0.4) is 0 Å². The minimum absolute atomic E-state index is 0.109. The van der Waals surface area contributed by atoms with Crippen molar-refractivity contribution in [1.82, 2.24) is 9.55 Å². The SMILES string of the molecule is CCOC(=O)CN(C(=O)CSc1nc2cc(Cl)ccc2n1CCOC)c1ccccc1. The number of methoxy groups -OCH3 is 1. The number of thioether (sulfide) groups is 1. The van der Waals surface area contributed by atoms with Crippen LogP contribution in [0.25, 0.3) is 11.0 Å². The van der Waals surface area contributed by atoms with E-state index in [0.717, 1.165) is 11.0 Å². The number of fused-ring (bicyclic) bond motifs is 1. The van der Waals surface area contributed by atoms with Gasteiger partial charge in [0.15, 0.2) is 5.16 Å². The van der Waals surface area contributed by atoms with Crippen LogP contribution in [0, 0.1) is 0 Å². The zero-order valence-electron chi connectivity index (χ0n) is 17.4. The van der Waals surface area contributed by atoms with Crippen molar-refractivity contribution in [2.45, 2.75) is 18.6 Å². The fourth-order valence-electron chi connectivity index (χ4n) is 3.06. The molecule has 3 rings (SSSR count). The van der Waals surface area contributed by atoms with Crippen molar-refractivity contribution in [3.8, 4) is 0 Å². The van der Waals surface area contributed by atoms with Crippen molar-refractivity contribution in [1.29, 1.82) is 0 Å². The Bertz CT molecular complexity index is 1040. The third-order valence-corrected chi connectivity index (χ3v) is 5.68. The monoisotopic (exact) mass is 461 g/mol. The summed E-state index contributed by atoms with van der Waals surface area (Å²) in [4.78, 5) is 31.2. The summed E-state index contributed by atoms with van der Waals surface area (Å²) in [6.45, 7) is 2.95. The number of halogens is 1. The van der Waals surface area contributed by atoms with Gasteiger partial charge in [-0.3, -0.25) is 9.59 Å². The smallest absolute Gasteiger partial charge is 0.326 e. The van der Waals surface area contributed by atoms with Gasteiger partial charge in [-0.15, -0.1) is 0 Å². The fourth-order valence-corrected chi connectivity index (χ4v) is 4.14. The van der Waals surface area contributed by atoms with Crippen LogP contribution in [0.2, 0.25) is 5.02 Å². The van der Waals surface area contributed by atoms with Gasteiger partial charge in [0.25, 0.3) is 0 Å². The zero-order valence-corrected chi connectivity index (χ0v) is 19.0. The van der Waals surface area contributed by atoms with E-state index in [-0.39, 0.29) is 24.8 Å². The number of nitrogens with zero attached hydrogens (tertiary/aromatic N) is 3. The summed E-state index contributed by atoms with van der Waals surface area (Å²) in [6.07, 6.45) is 0. The van der Waals surface area contributed by atoms with Gasteiger partial charge in [0.1, 0.15) is 6.54 Å². The van der Waals surface area contributed by atoms with Crippen LogP contribution in [0.1, 0.15) is 6.92 Å². The Morgan fingerprint density at radius 2 is 1.97 bits per heavy atom. The molecule has 164 valence electrons. The van der Waals surface area contributed by atoms with Crippen molar-refractivity contribution < 1.29 is 19.1 Å². The summed E-state index contributed by atoms with van der Waals surface area (Å²) in [6, 6.07) is 14.6. The van der Waals surface area contributed by atoms with Gasteiger partial charge in [0.05, 0.1) is 30.0 Å². The Morgan fingerprint density at radius 3 is 2.68 bits per heavy atom. The predicted molar refractivity (Wildman–Crippen MR) is 123 cm³/mol. The van der Waals surface area contributed by atoms with Gasteiger partial charge in [-0.25, -0.2) is 4.98 Å². The number of anilines is 1. The van der Waals surface area contributed by atoms with Crippen LogP contribution in [0.4, 0.5) is 5.69 Å². The average Bonchev–Trinajstić information content (AvgIpc) is 3.11. The summed E-state index contributed by atoms with van der Waals surface area (Å²) in [5.41, 5.74) is 2.31. The molecule has 0 unspecified atom stereocenters. The number of carbonyl (C=O) groups is 2. The number of amides is 1. The number of hydrogen-bond acceptors (Lipinski definition) is 6. The molecule has 7 nitrogen and oxygen atoms in total. The number of hydrogen-bond donors (Lipinski definition) is 0. The molecule has 0 aliphatic carbocycles. The summed E-state index contributed by atoms with van der Waals surface area (Å²) < 4.78 is 12.3. The van der Waals surface area contributed by atoms with E-state index in [1.165, 1.54) is 16.7 Å². The van der Waals surface area contributed by atoms with Crippen molar-refractivity contribution in [2.24, 2.45) is 0 Å². The topological polar surface area (TPSA) is 73.7 Å². The molecular weight excluding hydrogens is 438 g/mol.